The Bertz CT molecular complexity index is 234. The number of hydrogen-bond acceptors (Lipinski definition) is 0. The summed E-state index contributed by atoms with van der Waals surface area (Å²) in [4.78, 5) is 0. The maximum absolute atomic E-state index is 2.48. The lowest BCUT2D eigenvalue weighted by Gasteiger charge is -2.65. The predicted octanol–water partition coefficient (Wildman–Crippen LogP) is 3.78. The van der Waals surface area contributed by atoms with Gasteiger partial charge in [-0.3, -0.25) is 0 Å². The Morgan fingerprint density at radius 2 is 2.17 bits per heavy atom. The van der Waals surface area contributed by atoms with E-state index in [1.165, 1.54) is 19.3 Å². The number of allylic oxidation sites excluding steroid dienone is 2. The summed E-state index contributed by atoms with van der Waals surface area (Å²) in [5.74, 6) is 0.895. The second kappa shape index (κ2) is 2.16. The zero-order valence-electron chi connectivity index (χ0n) is 8.78. The quantitative estimate of drug-likeness (QED) is 0.517. The van der Waals surface area contributed by atoms with E-state index in [1.807, 2.05) is 0 Å². The summed E-state index contributed by atoms with van der Waals surface area (Å²) >= 11 is 0. The van der Waals surface area contributed by atoms with Gasteiger partial charge in [0.2, 0.25) is 0 Å². The van der Waals surface area contributed by atoms with Crippen LogP contribution in [0.5, 0.6) is 0 Å². The third-order valence-electron chi connectivity index (χ3n) is 4.87. The van der Waals surface area contributed by atoms with Crippen molar-refractivity contribution in [3.63, 3.8) is 0 Å². The summed E-state index contributed by atoms with van der Waals surface area (Å²) in [6.45, 7) is 9.58. The molecule has 3 aliphatic carbocycles. The summed E-state index contributed by atoms with van der Waals surface area (Å²) in [6.07, 6.45) is 6.63. The van der Waals surface area contributed by atoms with Crippen molar-refractivity contribution in [2.75, 3.05) is 0 Å². The molecule has 0 aliphatic heterocycles. The fourth-order valence-electron chi connectivity index (χ4n) is 3.47. The predicted molar refractivity (Wildman–Crippen MR) is 53.0 cm³/mol. The normalized spacial score (nSPS) is 43.3. The molecule has 0 saturated heterocycles. The van der Waals surface area contributed by atoms with Gasteiger partial charge in [-0.25, -0.2) is 0 Å². The molecule has 2 atom stereocenters. The molecular formula is C12H20. The van der Waals surface area contributed by atoms with Gasteiger partial charge in [-0.2, -0.15) is 0 Å². The molecule has 0 heterocycles. The Hall–Kier alpha value is -0.260. The maximum Gasteiger partial charge on any atom is -0.0144 e. The van der Waals surface area contributed by atoms with Crippen LogP contribution in [0, 0.1) is 16.7 Å². The molecule has 0 spiro atoms. The molecule has 0 N–H and O–H groups in total. The fourth-order valence-corrected chi connectivity index (χ4v) is 3.47. The van der Waals surface area contributed by atoms with Gasteiger partial charge in [0.25, 0.3) is 0 Å². The van der Waals surface area contributed by atoms with E-state index in [2.05, 4.69) is 33.8 Å². The van der Waals surface area contributed by atoms with Crippen LogP contribution in [0.1, 0.15) is 47.0 Å². The van der Waals surface area contributed by atoms with Crippen molar-refractivity contribution in [3.8, 4) is 0 Å². The SMILES string of the molecule is CC[C@@]12CC=C(C)[C@@H](C1)C2(C)C. The molecule has 2 bridgehead atoms. The molecule has 12 heavy (non-hydrogen) atoms. The van der Waals surface area contributed by atoms with Gasteiger partial charge in [-0.15, -0.1) is 0 Å². The van der Waals surface area contributed by atoms with Crippen molar-refractivity contribution >= 4 is 0 Å². The van der Waals surface area contributed by atoms with Crippen molar-refractivity contribution in [1.29, 1.82) is 0 Å². The van der Waals surface area contributed by atoms with E-state index in [9.17, 15) is 0 Å². The van der Waals surface area contributed by atoms with Gasteiger partial charge in [0.05, 0.1) is 0 Å². The minimum absolute atomic E-state index is 0.584. The van der Waals surface area contributed by atoms with Gasteiger partial charge in [-0.1, -0.05) is 32.4 Å². The lowest BCUT2D eigenvalue weighted by atomic mass is 9.39. The van der Waals surface area contributed by atoms with Gasteiger partial charge < -0.3 is 0 Å². The third-order valence-corrected chi connectivity index (χ3v) is 4.87. The van der Waals surface area contributed by atoms with Crippen molar-refractivity contribution in [2.45, 2.75) is 47.0 Å². The second-order valence-electron chi connectivity index (χ2n) is 5.26. The molecule has 1 saturated carbocycles. The molecule has 3 rings (SSSR count). The highest BCUT2D eigenvalue weighted by Crippen LogP contribution is 2.68. The number of fused-ring (bicyclic) bond motifs is 1. The van der Waals surface area contributed by atoms with Crippen molar-refractivity contribution < 1.29 is 0 Å². The summed E-state index contributed by atoms with van der Waals surface area (Å²) in [5, 5.41) is 0. The maximum atomic E-state index is 2.48. The summed E-state index contributed by atoms with van der Waals surface area (Å²) < 4.78 is 0. The Kier molecular flexibility index (Phi) is 1.50. The molecular weight excluding hydrogens is 144 g/mol. The van der Waals surface area contributed by atoms with E-state index < -0.39 is 0 Å². The van der Waals surface area contributed by atoms with E-state index in [4.69, 9.17) is 0 Å². The molecule has 0 aromatic rings. The number of rotatable bonds is 1. The standard InChI is InChI=1S/C12H20/c1-5-12-7-6-9(2)10(8-12)11(12,3)4/h6,10H,5,7-8H2,1-4H3/t10-,12-/m1/s1. The molecule has 68 valence electrons. The van der Waals surface area contributed by atoms with E-state index >= 15 is 0 Å². The summed E-state index contributed by atoms with van der Waals surface area (Å²) in [7, 11) is 0. The summed E-state index contributed by atoms with van der Waals surface area (Å²) in [5.41, 5.74) is 2.90. The van der Waals surface area contributed by atoms with Crippen molar-refractivity contribution in [2.24, 2.45) is 16.7 Å². The largest absolute Gasteiger partial charge is 0.0847 e. The lowest BCUT2D eigenvalue weighted by molar-refractivity contribution is -0.114. The van der Waals surface area contributed by atoms with Crippen LogP contribution in [0.4, 0.5) is 0 Å². The Balaban J connectivity index is 2.35. The first-order valence-corrected chi connectivity index (χ1v) is 5.20. The average molecular weight is 164 g/mol. The van der Waals surface area contributed by atoms with Crippen molar-refractivity contribution in [3.05, 3.63) is 11.6 Å². The van der Waals surface area contributed by atoms with Gasteiger partial charge >= 0.3 is 0 Å². The fraction of sp³-hybridized carbons (Fsp3) is 0.833. The Labute approximate surface area is 76.1 Å². The molecule has 1 fully saturated rings. The molecule has 0 nitrogen and oxygen atoms in total. The lowest BCUT2D eigenvalue weighted by Crippen LogP contribution is -2.56. The smallest absolute Gasteiger partial charge is 0.0144 e. The molecule has 0 unspecified atom stereocenters. The molecule has 0 aromatic carbocycles. The molecule has 3 aliphatic rings. The third kappa shape index (κ3) is 0.694. The van der Waals surface area contributed by atoms with E-state index in [-0.39, 0.29) is 0 Å². The van der Waals surface area contributed by atoms with E-state index in [0.717, 1.165) is 5.92 Å². The molecule has 0 heteroatoms. The average Bonchev–Trinajstić information content (AvgIpc) is 2.04. The van der Waals surface area contributed by atoms with Gasteiger partial charge in [0.15, 0.2) is 0 Å². The minimum Gasteiger partial charge on any atom is -0.0847 e. The van der Waals surface area contributed by atoms with Gasteiger partial charge in [0, 0.05) is 0 Å². The van der Waals surface area contributed by atoms with Crippen LogP contribution < -0.4 is 0 Å². The number of hydrogen-bond donors (Lipinski definition) is 0. The Morgan fingerprint density at radius 1 is 1.50 bits per heavy atom. The van der Waals surface area contributed by atoms with Crippen LogP contribution in [-0.2, 0) is 0 Å². The van der Waals surface area contributed by atoms with E-state index in [1.54, 1.807) is 5.57 Å². The highest BCUT2D eigenvalue weighted by molar-refractivity contribution is 5.26. The topological polar surface area (TPSA) is 0 Å². The monoisotopic (exact) mass is 164 g/mol. The first-order valence-electron chi connectivity index (χ1n) is 5.20. The highest BCUT2D eigenvalue weighted by Gasteiger charge is 2.59. The van der Waals surface area contributed by atoms with Gasteiger partial charge in [-0.05, 0) is 42.9 Å². The van der Waals surface area contributed by atoms with Gasteiger partial charge in [0.1, 0.15) is 0 Å². The first-order chi connectivity index (χ1) is 5.53. The van der Waals surface area contributed by atoms with Crippen LogP contribution in [0.15, 0.2) is 11.6 Å². The molecule has 0 radical (unpaired) electrons. The zero-order valence-corrected chi connectivity index (χ0v) is 8.78. The molecule has 0 aromatic heterocycles. The van der Waals surface area contributed by atoms with E-state index in [0.29, 0.717) is 10.8 Å². The molecule has 0 amide bonds. The van der Waals surface area contributed by atoms with Crippen LogP contribution in [0.25, 0.3) is 0 Å². The van der Waals surface area contributed by atoms with Crippen LogP contribution in [0.2, 0.25) is 0 Å². The summed E-state index contributed by atoms with van der Waals surface area (Å²) in [6, 6.07) is 0. The minimum atomic E-state index is 0.584. The first kappa shape index (κ1) is 8.34. The van der Waals surface area contributed by atoms with Crippen LogP contribution in [0.3, 0.4) is 0 Å². The van der Waals surface area contributed by atoms with Crippen molar-refractivity contribution in [1.82, 2.24) is 0 Å². The van der Waals surface area contributed by atoms with Crippen LogP contribution in [-0.4, -0.2) is 0 Å². The zero-order chi connectivity index (χ0) is 8.98. The Morgan fingerprint density at radius 3 is 2.58 bits per heavy atom. The second-order valence-corrected chi connectivity index (χ2v) is 5.26. The van der Waals surface area contributed by atoms with Crippen LogP contribution >= 0.6 is 0 Å². The highest BCUT2D eigenvalue weighted by atomic mass is 14.6.